The van der Waals surface area contributed by atoms with Crippen LogP contribution in [0.2, 0.25) is 0 Å². The number of nitrogens with one attached hydrogen (secondary N) is 1. The summed E-state index contributed by atoms with van der Waals surface area (Å²) < 4.78 is 29.1. The average Bonchev–Trinajstić information content (AvgIpc) is 2.93. The summed E-state index contributed by atoms with van der Waals surface area (Å²) in [5, 5.41) is 6.39. The molecule has 1 aromatic carbocycles. The molecule has 0 radical (unpaired) electrons. The molecule has 1 aromatic heterocycles. The number of nitrogens with zero attached hydrogens (tertiary/aromatic N) is 2. The van der Waals surface area contributed by atoms with E-state index in [1.165, 1.54) is 17.0 Å². The monoisotopic (exact) mass is 337 g/mol. The lowest BCUT2D eigenvalue weighted by Gasteiger charge is -2.16. The van der Waals surface area contributed by atoms with E-state index in [2.05, 4.69) is 10.5 Å². The molecule has 124 valence electrons. The molecule has 0 aliphatic heterocycles. The molecular formula is C15H19N3O4S. The third kappa shape index (κ3) is 4.82. The molecule has 1 N–H and O–H groups in total. The van der Waals surface area contributed by atoms with Crippen LogP contribution in [-0.2, 0) is 16.4 Å². The molecule has 0 saturated heterocycles. The minimum absolute atomic E-state index is 0.0399. The van der Waals surface area contributed by atoms with Gasteiger partial charge in [0, 0.05) is 19.7 Å². The molecule has 2 amide bonds. The van der Waals surface area contributed by atoms with Crippen molar-refractivity contribution in [1.29, 1.82) is 0 Å². The van der Waals surface area contributed by atoms with Crippen LogP contribution >= 0.6 is 0 Å². The first kappa shape index (κ1) is 17.0. The zero-order valence-corrected chi connectivity index (χ0v) is 13.8. The van der Waals surface area contributed by atoms with Gasteiger partial charge in [-0.3, -0.25) is 0 Å². The molecule has 0 saturated carbocycles. The number of aromatic nitrogens is 1. The van der Waals surface area contributed by atoms with E-state index in [0.29, 0.717) is 11.5 Å². The van der Waals surface area contributed by atoms with Crippen molar-refractivity contribution in [3.05, 3.63) is 47.9 Å². The molecule has 0 aliphatic rings. The fourth-order valence-corrected chi connectivity index (χ4v) is 3.16. The second-order valence-electron chi connectivity index (χ2n) is 5.15. The van der Waals surface area contributed by atoms with Gasteiger partial charge in [0.2, 0.25) is 0 Å². The summed E-state index contributed by atoms with van der Waals surface area (Å²) in [5.74, 6) is 0.516. The molecule has 0 atom stereocenters. The van der Waals surface area contributed by atoms with Crippen molar-refractivity contribution in [2.75, 3.05) is 19.3 Å². The van der Waals surface area contributed by atoms with Gasteiger partial charge in [-0.2, -0.15) is 0 Å². The number of aryl methyl sites for hydroxylation is 1. The molecule has 0 spiro atoms. The van der Waals surface area contributed by atoms with E-state index in [1.54, 1.807) is 38.2 Å². The van der Waals surface area contributed by atoms with Crippen molar-refractivity contribution >= 4 is 15.9 Å². The third-order valence-corrected chi connectivity index (χ3v) is 4.90. The van der Waals surface area contributed by atoms with E-state index >= 15 is 0 Å². The van der Waals surface area contributed by atoms with E-state index in [1.807, 2.05) is 0 Å². The first-order chi connectivity index (χ1) is 10.9. The minimum Gasteiger partial charge on any atom is -0.361 e. The molecule has 2 aromatic rings. The van der Waals surface area contributed by atoms with Gasteiger partial charge in [0.1, 0.15) is 11.5 Å². The smallest absolute Gasteiger partial charge is 0.317 e. The molecule has 8 heteroatoms. The molecule has 0 bridgehead atoms. The van der Waals surface area contributed by atoms with E-state index in [4.69, 9.17) is 4.52 Å². The van der Waals surface area contributed by atoms with Crippen molar-refractivity contribution < 1.29 is 17.7 Å². The van der Waals surface area contributed by atoms with Crippen molar-refractivity contribution in [2.45, 2.75) is 18.4 Å². The number of hydrogen-bond donors (Lipinski definition) is 1. The number of amides is 2. The first-order valence-electron chi connectivity index (χ1n) is 7.07. The predicted molar refractivity (Wildman–Crippen MR) is 84.6 cm³/mol. The Morgan fingerprint density at radius 1 is 1.30 bits per heavy atom. The van der Waals surface area contributed by atoms with Crippen molar-refractivity contribution in [1.82, 2.24) is 15.4 Å². The number of sulfone groups is 1. The van der Waals surface area contributed by atoms with Crippen LogP contribution in [-0.4, -0.2) is 43.9 Å². The maximum Gasteiger partial charge on any atom is 0.317 e. The fraction of sp³-hybridized carbons (Fsp3) is 0.333. The SMILES string of the molecule is Cc1cc(CN(C)C(=O)NCCS(=O)(=O)c2ccccc2)no1. The van der Waals surface area contributed by atoms with Gasteiger partial charge in [0.15, 0.2) is 9.84 Å². The molecule has 0 unspecified atom stereocenters. The van der Waals surface area contributed by atoms with Gasteiger partial charge in [-0.15, -0.1) is 0 Å². The molecule has 0 fully saturated rings. The Labute approximate surface area is 135 Å². The molecule has 23 heavy (non-hydrogen) atoms. The van der Waals surface area contributed by atoms with Crippen LogP contribution in [0.5, 0.6) is 0 Å². The largest absolute Gasteiger partial charge is 0.361 e. The van der Waals surface area contributed by atoms with Gasteiger partial charge in [-0.05, 0) is 19.1 Å². The molecule has 0 aliphatic carbocycles. The van der Waals surface area contributed by atoms with Crippen molar-refractivity contribution in [2.24, 2.45) is 0 Å². The molecular weight excluding hydrogens is 318 g/mol. The molecule has 7 nitrogen and oxygen atoms in total. The highest BCUT2D eigenvalue weighted by molar-refractivity contribution is 7.91. The highest BCUT2D eigenvalue weighted by atomic mass is 32.2. The Morgan fingerprint density at radius 2 is 2.00 bits per heavy atom. The minimum atomic E-state index is -3.40. The lowest BCUT2D eigenvalue weighted by Crippen LogP contribution is -2.39. The summed E-state index contributed by atoms with van der Waals surface area (Å²) in [6.45, 7) is 2.10. The molecule has 1 heterocycles. The van der Waals surface area contributed by atoms with Gasteiger partial charge in [0.25, 0.3) is 0 Å². The topological polar surface area (TPSA) is 92.5 Å². The maximum absolute atomic E-state index is 12.1. The predicted octanol–water partition coefficient (Wildman–Crippen LogP) is 1.60. The summed E-state index contributed by atoms with van der Waals surface area (Å²) in [7, 11) is -1.80. The summed E-state index contributed by atoms with van der Waals surface area (Å²) in [5.41, 5.74) is 0.636. The van der Waals surface area contributed by atoms with Crippen molar-refractivity contribution in [3.8, 4) is 0 Å². The Bertz CT molecular complexity index is 756. The third-order valence-electron chi connectivity index (χ3n) is 3.17. The maximum atomic E-state index is 12.1. The highest BCUT2D eigenvalue weighted by Crippen LogP contribution is 2.09. The Balaban J connectivity index is 1.82. The lowest BCUT2D eigenvalue weighted by molar-refractivity contribution is 0.206. The van der Waals surface area contributed by atoms with Crippen LogP contribution in [0.4, 0.5) is 4.79 Å². The number of benzene rings is 1. The summed E-state index contributed by atoms with van der Waals surface area (Å²) in [6, 6.07) is 9.53. The number of carbonyl (C=O) groups excluding carboxylic acids is 1. The Hall–Kier alpha value is -2.35. The van der Waals surface area contributed by atoms with Gasteiger partial charge in [-0.25, -0.2) is 13.2 Å². The van der Waals surface area contributed by atoms with Gasteiger partial charge in [0.05, 0.1) is 17.2 Å². The Kier molecular flexibility index (Phi) is 5.38. The van der Waals surface area contributed by atoms with Crippen molar-refractivity contribution in [3.63, 3.8) is 0 Å². The van der Waals surface area contributed by atoms with E-state index < -0.39 is 9.84 Å². The van der Waals surface area contributed by atoms with Crippen LogP contribution in [0.1, 0.15) is 11.5 Å². The van der Waals surface area contributed by atoms with Crippen LogP contribution in [0, 0.1) is 6.92 Å². The summed E-state index contributed by atoms with van der Waals surface area (Å²) in [4.78, 5) is 13.6. The normalized spacial score (nSPS) is 11.2. The lowest BCUT2D eigenvalue weighted by atomic mass is 10.3. The van der Waals surface area contributed by atoms with Gasteiger partial charge >= 0.3 is 6.03 Å². The number of rotatable bonds is 6. The quantitative estimate of drug-likeness (QED) is 0.864. The van der Waals surface area contributed by atoms with Crippen LogP contribution in [0.25, 0.3) is 0 Å². The second-order valence-corrected chi connectivity index (χ2v) is 7.26. The highest BCUT2D eigenvalue weighted by Gasteiger charge is 2.16. The zero-order chi connectivity index (χ0) is 16.9. The number of urea groups is 1. The fourth-order valence-electron chi connectivity index (χ4n) is 1.98. The van der Waals surface area contributed by atoms with E-state index in [0.717, 1.165) is 0 Å². The average molecular weight is 337 g/mol. The Morgan fingerprint density at radius 3 is 2.61 bits per heavy atom. The summed E-state index contributed by atoms with van der Waals surface area (Å²) >= 11 is 0. The van der Waals surface area contributed by atoms with Gasteiger partial charge in [-0.1, -0.05) is 23.4 Å². The van der Waals surface area contributed by atoms with E-state index in [9.17, 15) is 13.2 Å². The van der Waals surface area contributed by atoms with Crippen LogP contribution in [0.15, 0.2) is 45.8 Å². The number of carbonyl (C=O) groups is 1. The van der Waals surface area contributed by atoms with Crippen LogP contribution < -0.4 is 5.32 Å². The summed E-state index contributed by atoms with van der Waals surface area (Å²) in [6.07, 6.45) is 0. The standard InChI is InChI=1S/C15H19N3O4S/c1-12-10-13(17-22-12)11-18(2)15(19)16-8-9-23(20,21)14-6-4-3-5-7-14/h3-7,10H,8-9,11H2,1-2H3,(H,16,19). The van der Waals surface area contributed by atoms with Crippen LogP contribution in [0.3, 0.4) is 0 Å². The zero-order valence-electron chi connectivity index (χ0n) is 13.0. The van der Waals surface area contributed by atoms with Gasteiger partial charge < -0.3 is 14.7 Å². The first-order valence-corrected chi connectivity index (χ1v) is 8.73. The second kappa shape index (κ2) is 7.28. The number of hydrogen-bond acceptors (Lipinski definition) is 5. The molecule has 2 rings (SSSR count). The van der Waals surface area contributed by atoms with E-state index in [-0.39, 0.29) is 29.8 Å².